The van der Waals surface area contributed by atoms with Gasteiger partial charge in [0.1, 0.15) is 5.56 Å². The summed E-state index contributed by atoms with van der Waals surface area (Å²) < 4.78 is 0.924. The molecule has 0 aliphatic rings. The van der Waals surface area contributed by atoms with Gasteiger partial charge in [0.05, 0.1) is 5.69 Å². The SMILES string of the molecule is O=C(O)c1cnccc1Nc1cccc(Br)c1. The maximum atomic E-state index is 11.0. The Morgan fingerprint density at radius 1 is 1.35 bits per heavy atom. The topological polar surface area (TPSA) is 62.2 Å². The first-order chi connectivity index (χ1) is 8.16. The molecular formula is C12H9BrN2O2. The van der Waals surface area contributed by atoms with Gasteiger partial charge in [-0.25, -0.2) is 4.79 Å². The second kappa shape index (κ2) is 4.97. The predicted molar refractivity (Wildman–Crippen MR) is 68.6 cm³/mol. The molecule has 0 saturated carbocycles. The van der Waals surface area contributed by atoms with Crippen LogP contribution >= 0.6 is 15.9 Å². The van der Waals surface area contributed by atoms with Gasteiger partial charge in [-0.05, 0) is 24.3 Å². The van der Waals surface area contributed by atoms with E-state index in [0.29, 0.717) is 5.69 Å². The number of hydrogen-bond donors (Lipinski definition) is 2. The molecule has 0 amide bonds. The number of aromatic nitrogens is 1. The number of carbonyl (C=O) groups is 1. The van der Waals surface area contributed by atoms with Crippen LogP contribution in [0.3, 0.4) is 0 Å². The summed E-state index contributed by atoms with van der Waals surface area (Å²) in [7, 11) is 0. The standard InChI is InChI=1S/C12H9BrN2O2/c13-8-2-1-3-9(6-8)15-11-4-5-14-7-10(11)12(16)17/h1-7H,(H,14,15)(H,16,17). The number of aromatic carboxylic acids is 1. The molecule has 0 aliphatic carbocycles. The Morgan fingerprint density at radius 3 is 2.88 bits per heavy atom. The van der Waals surface area contributed by atoms with E-state index in [1.165, 1.54) is 6.20 Å². The molecule has 2 rings (SSSR count). The smallest absolute Gasteiger partial charge is 0.339 e. The van der Waals surface area contributed by atoms with Gasteiger partial charge in [-0.2, -0.15) is 0 Å². The molecule has 1 aromatic carbocycles. The number of anilines is 2. The Morgan fingerprint density at radius 2 is 2.18 bits per heavy atom. The summed E-state index contributed by atoms with van der Waals surface area (Å²) in [5.74, 6) is -1.00. The van der Waals surface area contributed by atoms with Gasteiger partial charge < -0.3 is 10.4 Å². The zero-order valence-corrected chi connectivity index (χ0v) is 10.3. The van der Waals surface area contributed by atoms with Gasteiger partial charge in [0.2, 0.25) is 0 Å². The molecule has 0 fully saturated rings. The van der Waals surface area contributed by atoms with Crippen molar-refractivity contribution in [3.8, 4) is 0 Å². The maximum absolute atomic E-state index is 11.0. The summed E-state index contributed by atoms with van der Waals surface area (Å²) in [5.41, 5.74) is 1.48. The lowest BCUT2D eigenvalue weighted by Gasteiger charge is -2.09. The van der Waals surface area contributed by atoms with Crippen molar-refractivity contribution < 1.29 is 9.90 Å². The van der Waals surface area contributed by atoms with Crippen LogP contribution in [0.5, 0.6) is 0 Å². The van der Waals surface area contributed by atoms with Crippen molar-refractivity contribution in [3.63, 3.8) is 0 Å². The summed E-state index contributed by atoms with van der Waals surface area (Å²) in [5, 5.41) is 12.1. The molecule has 0 radical (unpaired) electrons. The summed E-state index contributed by atoms with van der Waals surface area (Å²) in [6, 6.07) is 9.12. The monoisotopic (exact) mass is 292 g/mol. The first-order valence-electron chi connectivity index (χ1n) is 4.87. The molecule has 4 nitrogen and oxygen atoms in total. The van der Waals surface area contributed by atoms with Crippen LogP contribution < -0.4 is 5.32 Å². The lowest BCUT2D eigenvalue weighted by molar-refractivity contribution is 0.0697. The molecule has 17 heavy (non-hydrogen) atoms. The van der Waals surface area contributed by atoms with Gasteiger partial charge in [0, 0.05) is 22.6 Å². The first-order valence-corrected chi connectivity index (χ1v) is 5.66. The maximum Gasteiger partial charge on any atom is 0.339 e. The Balaban J connectivity index is 2.33. The molecular weight excluding hydrogens is 284 g/mol. The van der Waals surface area contributed by atoms with Crippen molar-refractivity contribution in [2.75, 3.05) is 5.32 Å². The van der Waals surface area contributed by atoms with Crippen molar-refractivity contribution >= 4 is 33.3 Å². The van der Waals surface area contributed by atoms with Crippen LogP contribution in [-0.4, -0.2) is 16.1 Å². The van der Waals surface area contributed by atoms with Crippen LogP contribution in [-0.2, 0) is 0 Å². The summed E-state index contributed by atoms with van der Waals surface area (Å²) >= 11 is 3.35. The quantitative estimate of drug-likeness (QED) is 0.911. The highest BCUT2D eigenvalue weighted by atomic mass is 79.9. The highest BCUT2D eigenvalue weighted by molar-refractivity contribution is 9.10. The molecule has 1 heterocycles. The van der Waals surface area contributed by atoms with Crippen molar-refractivity contribution in [3.05, 3.63) is 52.8 Å². The summed E-state index contributed by atoms with van der Waals surface area (Å²) in [6.45, 7) is 0. The fourth-order valence-corrected chi connectivity index (χ4v) is 1.79. The van der Waals surface area contributed by atoms with Crippen molar-refractivity contribution in [2.24, 2.45) is 0 Å². The van der Waals surface area contributed by atoms with Crippen molar-refractivity contribution in [1.29, 1.82) is 0 Å². The second-order valence-electron chi connectivity index (χ2n) is 3.36. The number of pyridine rings is 1. The Labute approximate surface area is 106 Å². The van der Waals surface area contributed by atoms with Gasteiger partial charge in [-0.1, -0.05) is 22.0 Å². The number of hydrogen-bond acceptors (Lipinski definition) is 3. The third-order valence-electron chi connectivity index (χ3n) is 2.16. The number of benzene rings is 1. The number of rotatable bonds is 3. The van der Waals surface area contributed by atoms with E-state index in [2.05, 4.69) is 26.2 Å². The number of carboxylic acids is 1. The first kappa shape index (κ1) is 11.6. The van der Waals surface area contributed by atoms with E-state index in [9.17, 15) is 4.79 Å². The largest absolute Gasteiger partial charge is 0.478 e. The number of halogens is 1. The van der Waals surface area contributed by atoms with Crippen LogP contribution in [0.4, 0.5) is 11.4 Å². The third-order valence-corrected chi connectivity index (χ3v) is 2.65. The minimum atomic E-state index is -1.00. The van der Waals surface area contributed by atoms with E-state index < -0.39 is 5.97 Å². The molecule has 5 heteroatoms. The molecule has 0 atom stereocenters. The van der Waals surface area contributed by atoms with Crippen LogP contribution in [0.1, 0.15) is 10.4 Å². The molecule has 0 aliphatic heterocycles. The zero-order valence-electron chi connectivity index (χ0n) is 8.72. The molecule has 0 spiro atoms. The molecule has 2 N–H and O–H groups in total. The van der Waals surface area contributed by atoms with Gasteiger partial charge in [0.25, 0.3) is 0 Å². The number of carboxylic acid groups (broad SMARTS) is 1. The Hall–Kier alpha value is -1.88. The van der Waals surface area contributed by atoms with Gasteiger partial charge in [-0.15, -0.1) is 0 Å². The predicted octanol–water partition coefficient (Wildman–Crippen LogP) is 3.29. The molecule has 0 saturated heterocycles. The molecule has 0 unspecified atom stereocenters. The number of nitrogens with one attached hydrogen (secondary N) is 1. The van der Waals surface area contributed by atoms with E-state index in [0.717, 1.165) is 10.2 Å². The summed E-state index contributed by atoms with van der Waals surface area (Å²) in [4.78, 5) is 14.8. The van der Waals surface area contributed by atoms with Gasteiger partial charge in [0.15, 0.2) is 0 Å². The lowest BCUT2D eigenvalue weighted by Crippen LogP contribution is -2.03. The van der Waals surface area contributed by atoms with Crippen LogP contribution in [0.15, 0.2) is 47.2 Å². The molecule has 86 valence electrons. The average molecular weight is 293 g/mol. The van der Waals surface area contributed by atoms with E-state index in [4.69, 9.17) is 5.11 Å². The van der Waals surface area contributed by atoms with E-state index in [1.54, 1.807) is 12.3 Å². The normalized spacial score (nSPS) is 9.94. The van der Waals surface area contributed by atoms with Crippen molar-refractivity contribution in [1.82, 2.24) is 4.98 Å². The minimum Gasteiger partial charge on any atom is -0.478 e. The highest BCUT2D eigenvalue weighted by Crippen LogP contribution is 2.22. The van der Waals surface area contributed by atoms with Crippen molar-refractivity contribution in [2.45, 2.75) is 0 Å². The zero-order chi connectivity index (χ0) is 12.3. The highest BCUT2D eigenvalue weighted by Gasteiger charge is 2.09. The second-order valence-corrected chi connectivity index (χ2v) is 4.28. The van der Waals surface area contributed by atoms with Gasteiger partial charge in [-0.3, -0.25) is 4.98 Å². The molecule has 0 bridgehead atoms. The Bertz CT molecular complexity index is 558. The summed E-state index contributed by atoms with van der Waals surface area (Å²) in [6.07, 6.45) is 2.87. The van der Waals surface area contributed by atoms with Crippen LogP contribution in [0, 0.1) is 0 Å². The lowest BCUT2D eigenvalue weighted by atomic mass is 10.2. The molecule has 1 aromatic heterocycles. The average Bonchev–Trinajstić information content (AvgIpc) is 2.29. The van der Waals surface area contributed by atoms with E-state index in [1.807, 2.05) is 24.3 Å². The van der Waals surface area contributed by atoms with E-state index >= 15 is 0 Å². The van der Waals surface area contributed by atoms with Gasteiger partial charge >= 0.3 is 5.97 Å². The third kappa shape index (κ3) is 2.82. The minimum absolute atomic E-state index is 0.146. The van der Waals surface area contributed by atoms with E-state index in [-0.39, 0.29) is 5.56 Å². The molecule has 2 aromatic rings. The van der Waals surface area contributed by atoms with Crippen LogP contribution in [0.2, 0.25) is 0 Å². The Kier molecular flexibility index (Phi) is 3.39. The fourth-order valence-electron chi connectivity index (χ4n) is 1.40. The fraction of sp³-hybridized carbons (Fsp3) is 0. The number of nitrogens with zero attached hydrogens (tertiary/aromatic N) is 1. The van der Waals surface area contributed by atoms with Crippen LogP contribution in [0.25, 0.3) is 0 Å².